The molecule has 2 aliphatic carbocycles. The van der Waals surface area contributed by atoms with Crippen molar-refractivity contribution in [1.29, 1.82) is 0 Å². The summed E-state index contributed by atoms with van der Waals surface area (Å²) in [5.41, 5.74) is 0.552. The van der Waals surface area contributed by atoms with E-state index in [-0.39, 0.29) is 46.7 Å². The number of amides is 2. The van der Waals surface area contributed by atoms with Crippen molar-refractivity contribution in [3.05, 3.63) is 23.8 Å². The molecule has 1 aromatic rings. The first-order chi connectivity index (χ1) is 17.9. The number of carbonyl (C=O) groups excluding carboxylic acids is 3. The number of hydrogen-bond donors (Lipinski definition) is 3. The molecule has 0 radical (unpaired) electrons. The lowest BCUT2D eigenvalue weighted by Gasteiger charge is -2.39. The summed E-state index contributed by atoms with van der Waals surface area (Å²) in [5.74, 6) is -1.22. The fourth-order valence-electron chi connectivity index (χ4n) is 7.48. The summed E-state index contributed by atoms with van der Waals surface area (Å²) in [6, 6.07) is 2.76. The van der Waals surface area contributed by atoms with Crippen LogP contribution in [0.4, 0.5) is 0 Å². The SMILES string of the molecule is CC1(C)C2CCC1(C)C(OC(=O)[C@@H]1CCCN1C(=O)[C@H]1CCCN1C(=O)[C@H](O)Cc1ccc(O)c(O)c1)C2. The van der Waals surface area contributed by atoms with Crippen LogP contribution in [0.2, 0.25) is 0 Å². The van der Waals surface area contributed by atoms with Crippen LogP contribution in [0.3, 0.4) is 0 Å². The van der Waals surface area contributed by atoms with Gasteiger partial charge in [0.2, 0.25) is 5.91 Å². The van der Waals surface area contributed by atoms with Gasteiger partial charge in [-0.1, -0.05) is 26.8 Å². The molecule has 3 N–H and O–H groups in total. The Kier molecular flexibility index (Phi) is 6.86. The fourth-order valence-corrected chi connectivity index (χ4v) is 7.48. The van der Waals surface area contributed by atoms with Crippen molar-refractivity contribution in [1.82, 2.24) is 9.80 Å². The van der Waals surface area contributed by atoms with E-state index in [0.29, 0.717) is 50.3 Å². The standard InChI is InChI=1S/C29H40N2O7/c1-28(2)18-10-11-29(28,3)24(16-18)38-27(37)20-7-5-13-31(20)25(35)19-6-4-12-30(19)26(36)23(34)15-17-8-9-21(32)22(33)14-17/h8-9,14,18-20,23-24,32-34H,4-7,10-13,15-16H2,1-3H3/t18?,19-,20+,23-,24?,29?/m1/s1. The summed E-state index contributed by atoms with van der Waals surface area (Å²) in [7, 11) is 0. The summed E-state index contributed by atoms with van der Waals surface area (Å²) in [6.07, 6.45) is 3.86. The number of carbonyl (C=O) groups is 3. The minimum Gasteiger partial charge on any atom is -0.504 e. The maximum Gasteiger partial charge on any atom is 0.329 e. The molecule has 4 aliphatic rings. The first kappa shape index (κ1) is 26.8. The Hall–Kier alpha value is -2.81. The summed E-state index contributed by atoms with van der Waals surface area (Å²) >= 11 is 0. The van der Waals surface area contributed by atoms with Crippen LogP contribution in [0, 0.1) is 16.7 Å². The molecule has 2 saturated heterocycles. The van der Waals surface area contributed by atoms with E-state index in [2.05, 4.69) is 20.8 Å². The van der Waals surface area contributed by atoms with Crippen LogP contribution in [0.25, 0.3) is 0 Å². The molecule has 2 saturated carbocycles. The molecule has 6 atom stereocenters. The molecule has 9 nitrogen and oxygen atoms in total. The Morgan fingerprint density at radius 2 is 1.68 bits per heavy atom. The van der Waals surface area contributed by atoms with Gasteiger partial charge in [-0.3, -0.25) is 9.59 Å². The number of phenols is 2. The third kappa shape index (κ3) is 4.32. The molecular weight excluding hydrogens is 488 g/mol. The number of aromatic hydroxyl groups is 2. The Balaban J connectivity index is 1.23. The van der Waals surface area contributed by atoms with Crippen molar-refractivity contribution >= 4 is 17.8 Å². The molecular formula is C29H40N2O7. The van der Waals surface area contributed by atoms with Gasteiger partial charge in [0.15, 0.2) is 11.5 Å². The van der Waals surface area contributed by atoms with Crippen LogP contribution >= 0.6 is 0 Å². The lowest BCUT2D eigenvalue weighted by Crippen LogP contribution is -2.53. The zero-order valence-electron chi connectivity index (χ0n) is 22.6. The summed E-state index contributed by atoms with van der Waals surface area (Å²) in [6.45, 7) is 7.57. The Morgan fingerprint density at radius 1 is 1.00 bits per heavy atom. The van der Waals surface area contributed by atoms with Gasteiger partial charge in [0.25, 0.3) is 5.91 Å². The maximum absolute atomic E-state index is 13.7. The summed E-state index contributed by atoms with van der Waals surface area (Å²) in [5, 5.41) is 29.9. The molecule has 2 heterocycles. The van der Waals surface area contributed by atoms with E-state index in [1.165, 1.54) is 23.1 Å². The Bertz CT molecular complexity index is 1120. The van der Waals surface area contributed by atoms with Gasteiger partial charge in [0, 0.05) is 24.9 Å². The van der Waals surface area contributed by atoms with Crippen LogP contribution in [0.1, 0.15) is 71.3 Å². The van der Waals surface area contributed by atoms with E-state index in [9.17, 15) is 29.7 Å². The van der Waals surface area contributed by atoms with E-state index in [1.807, 2.05) is 0 Å². The normalized spacial score (nSPS) is 32.5. The van der Waals surface area contributed by atoms with E-state index in [1.54, 1.807) is 4.90 Å². The molecule has 0 spiro atoms. The number of likely N-dealkylation sites (tertiary alicyclic amines) is 2. The predicted octanol–water partition coefficient (Wildman–Crippen LogP) is 2.74. The zero-order valence-corrected chi connectivity index (χ0v) is 22.6. The number of hydrogen-bond acceptors (Lipinski definition) is 7. The zero-order chi connectivity index (χ0) is 27.4. The van der Waals surface area contributed by atoms with Gasteiger partial charge in [0.05, 0.1) is 0 Å². The lowest BCUT2D eigenvalue weighted by molar-refractivity contribution is -0.166. The first-order valence-corrected chi connectivity index (χ1v) is 13.9. The average molecular weight is 529 g/mol. The predicted molar refractivity (Wildman–Crippen MR) is 138 cm³/mol. The van der Waals surface area contributed by atoms with Crippen LogP contribution in [0.15, 0.2) is 18.2 Å². The lowest BCUT2D eigenvalue weighted by atomic mass is 9.70. The molecule has 38 heavy (non-hydrogen) atoms. The minimum atomic E-state index is -1.39. The molecule has 208 valence electrons. The number of fused-ring (bicyclic) bond motifs is 2. The van der Waals surface area contributed by atoms with Crippen molar-refractivity contribution < 1.29 is 34.4 Å². The molecule has 2 amide bonds. The number of esters is 1. The van der Waals surface area contributed by atoms with Gasteiger partial charge in [-0.25, -0.2) is 4.79 Å². The second-order valence-corrected chi connectivity index (χ2v) is 12.5. The molecule has 2 bridgehead atoms. The van der Waals surface area contributed by atoms with Gasteiger partial charge < -0.3 is 29.9 Å². The Morgan fingerprint density at radius 3 is 2.32 bits per heavy atom. The highest BCUT2D eigenvalue weighted by molar-refractivity contribution is 5.92. The van der Waals surface area contributed by atoms with Crippen molar-refractivity contribution in [2.75, 3.05) is 13.1 Å². The average Bonchev–Trinajstić information content (AvgIpc) is 3.63. The second kappa shape index (κ2) is 9.74. The number of benzene rings is 1. The van der Waals surface area contributed by atoms with Crippen molar-refractivity contribution in [2.45, 2.75) is 96.4 Å². The minimum absolute atomic E-state index is 0.0553. The van der Waals surface area contributed by atoms with Gasteiger partial charge in [-0.2, -0.15) is 0 Å². The quantitative estimate of drug-likeness (QED) is 0.383. The van der Waals surface area contributed by atoms with Crippen molar-refractivity contribution in [2.24, 2.45) is 16.7 Å². The molecule has 0 aromatic heterocycles. The molecule has 2 aliphatic heterocycles. The number of rotatable bonds is 6. The fraction of sp³-hybridized carbons (Fsp3) is 0.690. The van der Waals surface area contributed by atoms with Crippen LogP contribution in [0.5, 0.6) is 11.5 Å². The Labute approximate surface area is 223 Å². The smallest absolute Gasteiger partial charge is 0.329 e. The molecule has 5 rings (SSSR count). The highest BCUT2D eigenvalue weighted by Gasteiger charge is 2.63. The van der Waals surface area contributed by atoms with Crippen LogP contribution in [-0.4, -0.2) is 80.3 Å². The second-order valence-electron chi connectivity index (χ2n) is 12.5. The van der Waals surface area contributed by atoms with E-state index >= 15 is 0 Å². The third-order valence-corrected chi connectivity index (χ3v) is 10.4. The summed E-state index contributed by atoms with van der Waals surface area (Å²) < 4.78 is 6.12. The van der Waals surface area contributed by atoms with Gasteiger partial charge in [-0.15, -0.1) is 0 Å². The third-order valence-electron chi connectivity index (χ3n) is 10.4. The van der Waals surface area contributed by atoms with E-state index in [4.69, 9.17) is 4.74 Å². The monoisotopic (exact) mass is 528 g/mol. The van der Waals surface area contributed by atoms with Gasteiger partial charge >= 0.3 is 5.97 Å². The van der Waals surface area contributed by atoms with Gasteiger partial charge in [-0.05, 0) is 74.0 Å². The van der Waals surface area contributed by atoms with Crippen LogP contribution < -0.4 is 0 Å². The number of phenolic OH excluding ortho intramolecular Hbond substituents is 2. The highest BCUT2D eigenvalue weighted by atomic mass is 16.5. The molecule has 9 heteroatoms. The van der Waals surface area contributed by atoms with E-state index < -0.39 is 24.1 Å². The van der Waals surface area contributed by atoms with Gasteiger partial charge in [0.1, 0.15) is 24.3 Å². The van der Waals surface area contributed by atoms with Crippen molar-refractivity contribution in [3.8, 4) is 11.5 Å². The largest absolute Gasteiger partial charge is 0.504 e. The number of aliphatic hydroxyl groups excluding tert-OH is 1. The highest BCUT2D eigenvalue weighted by Crippen LogP contribution is 2.66. The number of ether oxygens (including phenoxy) is 1. The molecule has 4 fully saturated rings. The van der Waals surface area contributed by atoms with Crippen molar-refractivity contribution in [3.63, 3.8) is 0 Å². The van der Waals surface area contributed by atoms with E-state index in [0.717, 1.165) is 19.3 Å². The molecule has 3 unspecified atom stereocenters. The maximum atomic E-state index is 13.7. The molecule has 1 aromatic carbocycles. The van der Waals surface area contributed by atoms with Crippen LogP contribution in [-0.2, 0) is 25.5 Å². The summed E-state index contributed by atoms with van der Waals surface area (Å²) in [4.78, 5) is 43.2. The number of aliphatic hydroxyl groups is 1. The topological polar surface area (TPSA) is 128 Å². The number of nitrogens with zero attached hydrogens (tertiary/aromatic N) is 2. The first-order valence-electron chi connectivity index (χ1n) is 13.9.